The van der Waals surface area contributed by atoms with E-state index in [1.165, 1.54) is 60.5 Å². The molecule has 3 rings (SSSR count). The highest BCUT2D eigenvalue weighted by atomic mass is 35.5. The van der Waals surface area contributed by atoms with E-state index in [2.05, 4.69) is 5.32 Å². The van der Waals surface area contributed by atoms with Gasteiger partial charge in [0.15, 0.2) is 0 Å². The van der Waals surface area contributed by atoms with Crippen molar-refractivity contribution in [2.24, 2.45) is 0 Å². The Labute approximate surface area is 239 Å². The minimum atomic E-state index is -4.28. The van der Waals surface area contributed by atoms with Crippen molar-refractivity contribution < 1.29 is 27.1 Å². The van der Waals surface area contributed by atoms with E-state index in [1.807, 2.05) is 13.8 Å². The average molecular weight is 590 g/mol. The smallest absolute Gasteiger partial charge is 0.264 e. The van der Waals surface area contributed by atoms with E-state index in [4.69, 9.17) is 16.3 Å². The van der Waals surface area contributed by atoms with Crippen LogP contribution >= 0.6 is 11.6 Å². The highest BCUT2D eigenvalue weighted by molar-refractivity contribution is 7.92. The largest absolute Gasteiger partial charge is 0.495 e. The molecule has 0 saturated heterocycles. The molecule has 0 bridgehead atoms. The second kappa shape index (κ2) is 13.6. The normalized spacial score (nSPS) is 12.8. The van der Waals surface area contributed by atoms with Gasteiger partial charge in [0.25, 0.3) is 10.0 Å². The Morgan fingerprint density at radius 3 is 2.27 bits per heavy atom. The summed E-state index contributed by atoms with van der Waals surface area (Å²) < 4.78 is 47.7. The lowest BCUT2D eigenvalue weighted by Gasteiger charge is -2.32. The summed E-state index contributed by atoms with van der Waals surface area (Å²) in [6.07, 6.45) is 0.683. The van der Waals surface area contributed by atoms with Crippen LogP contribution in [-0.4, -0.2) is 50.9 Å². The Balaban J connectivity index is 2.08. The van der Waals surface area contributed by atoms with Gasteiger partial charge in [0, 0.05) is 17.6 Å². The molecule has 0 unspecified atom stereocenters. The van der Waals surface area contributed by atoms with Gasteiger partial charge in [0.1, 0.15) is 24.2 Å². The fourth-order valence-electron chi connectivity index (χ4n) is 3.93. The number of methoxy groups -OCH3 is 1. The Hall–Kier alpha value is -3.63. The average Bonchev–Trinajstić information content (AvgIpc) is 2.95. The van der Waals surface area contributed by atoms with Crippen LogP contribution < -0.4 is 14.4 Å². The first-order valence-electron chi connectivity index (χ1n) is 12.7. The molecule has 0 aliphatic carbocycles. The molecule has 40 heavy (non-hydrogen) atoms. The van der Waals surface area contributed by atoms with Gasteiger partial charge in [-0.25, -0.2) is 12.8 Å². The molecule has 3 aromatic rings. The number of nitrogens with one attached hydrogen (secondary N) is 1. The molecular weight excluding hydrogens is 557 g/mol. The van der Waals surface area contributed by atoms with Gasteiger partial charge >= 0.3 is 0 Å². The molecule has 0 aliphatic heterocycles. The van der Waals surface area contributed by atoms with Crippen LogP contribution in [0, 0.1) is 5.82 Å². The molecule has 2 atom stereocenters. The number of rotatable bonds is 12. The SMILES string of the molecule is CC[C@@H](C)NC(=O)[C@@H](C)N(Cc1ccc(F)cc1)C(=O)CN(c1cc(Cl)ccc1OC)S(=O)(=O)c1ccccc1. The summed E-state index contributed by atoms with van der Waals surface area (Å²) in [5.74, 6) is -1.32. The van der Waals surface area contributed by atoms with Crippen molar-refractivity contribution in [3.05, 3.63) is 89.2 Å². The van der Waals surface area contributed by atoms with E-state index in [-0.39, 0.29) is 33.9 Å². The lowest BCUT2D eigenvalue weighted by Crippen LogP contribution is -2.52. The van der Waals surface area contributed by atoms with Gasteiger partial charge in [-0.3, -0.25) is 13.9 Å². The van der Waals surface area contributed by atoms with Gasteiger partial charge in [-0.05, 0) is 68.3 Å². The first-order chi connectivity index (χ1) is 19.0. The van der Waals surface area contributed by atoms with Crippen molar-refractivity contribution in [1.82, 2.24) is 10.2 Å². The molecule has 0 fully saturated rings. The molecule has 1 N–H and O–H groups in total. The number of nitrogens with zero attached hydrogens (tertiary/aromatic N) is 2. The maximum absolute atomic E-state index is 14.0. The number of halogens is 2. The second-order valence-corrected chi connectivity index (χ2v) is 11.6. The van der Waals surface area contributed by atoms with Crippen LogP contribution in [0.5, 0.6) is 5.75 Å². The van der Waals surface area contributed by atoms with Gasteiger partial charge in [-0.2, -0.15) is 0 Å². The van der Waals surface area contributed by atoms with Crippen LogP contribution in [0.25, 0.3) is 0 Å². The summed E-state index contributed by atoms with van der Waals surface area (Å²) in [6.45, 7) is 4.61. The quantitative estimate of drug-likeness (QED) is 0.320. The predicted octanol–water partition coefficient (Wildman–Crippen LogP) is 5.02. The van der Waals surface area contributed by atoms with Crippen molar-refractivity contribution in [2.45, 2.75) is 50.7 Å². The van der Waals surface area contributed by atoms with Crippen molar-refractivity contribution in [2.75, 3.05) is 18.0 Å². The maximum atomic E-state index is 14.0. The van der Waals surface area contributed by atoms with Crippen molar-refractivity contribution in [3.63, 3.8) is 0 Å². The fraction of sp³-hybridized carbons (Fsp3) is 0.310. The summed E-state index contributed by atoms with van der Waals surface area (Å²) >= 11 is 6.23. The van der Waals surface area contributed by atoms with Gasteiger partial charge in [-0.15, -0.1) is 0 Å². The fourth-order valence-corrected chi connectivity index (χ4v) is 5.53. The van der Waals surface area contributed by atoms with Crippen molar-refractivity contribution >= 4 is 39.1 Å². The van der Waals surface area contributed by atoms with Crippen LogP contribution in [0.4, 0.5) is 10.1 Å². The highest BCUT2D eigenvalue weighted by Gasteiger charge is 2.34. The number of hydrogen-bond acceptors (Lipinski definition) is 5. The first-order valence-corrected chi connectivity index (χ1v) is 14.5. The zero-order valence-electron chi connectivity index (χ0n) is 22.8. The van der Waals surface area contributed by atoms with E-state index in [9.17, 15) is 22.4 Å². The number of carbonyl (C=O) groups excluding carboxylic acids is 2. The summed E-state index contributed by atoms with van der Waals surface area (Å²) in [5.41, 5.74) is 0.626. The number of amides is 2. The Morgan fingerprint density at radius 2 is 1.68 bits per heavy atom. The second-order valence-electron chi connectivity index (χ2n) is 9.28. The number of sulfonamides is 1. The first kappa shape index (κ1) is 30.9. The van der Waals surface area contributed by atoms with Crippen LogP contribution in [-0.2, 0) is 26.2 Å². The van der Waals surface area contributed by atoms with Gasteiger partial charge in [0.2, 0.25) is 11.8 Å². The highest BCUT2D eigenvalue weighted by Crippen LogP contribution is 2.35. The number of anilines is 1. The molecule has 3 aromatic carbocycles. The maximum Gasteiger partial charge on any atom is 0.264 e. The van der Waals surface area contributed by atoms with E-state index < -0.39 is 40.2 Å². The molecule has 0 spiro atoms. The van der Waals surface area contributed by atoms with E-state index >= 15 is 0 Å². The van der Waals surface area contributed by atoms with Crippen LogP contribution in [0.3, 0.4) is 0 Å². The predicted molar refractivity (Wildman–Crippen MR) is 153 cm³/mol. The van der Waals surface area contributed by atoms with Crippen molar-refractivity contribution in [1.29, 1.82) is 0 Å². The molecular formula is C29H33ClFN3O5S. The zero-order chi connectivity index (χ0) is 29.4. The molecule has 0 aliphatic rings. The zero-order valence-corrected chi connectivity index (χ0v) is 24.4. The monoisotopic (exact) mass is 589 g/mol. The minimum Gasteiger partial charge on any atom is -0.495 e. The van der Waals surface area contributed by atoms with Crippen LogP contribution in [0.15, 0.2) is 77.7 Å². The number of ether oxygens (including phenoxy) is 1. The third-order valence-electron chi connectivity index (χ3n) is 6.45. The molecule has 214 valence electrons. The molecule has 0 heterocycles. The van der Waals surface area contributed by atoms with E-state index in [0.29, 0.717) is 12.0 Å². The Morgan fingerprint density at radius 1 is 1.02 bits per heavy atom. The molecule has 11 heteroatoms. The topological polar surface area (TPSA) is 96.0 Å². The lowest BCUT2D eigenvalue weighted by molar-refractivity contribution is -0.139. The number of hydrogen-bond donors (Lipinski definition) is 1. The molecule has 8 nitrogen and oxygen atoms in total. The third-order valence-corrected chi connectivity index (χ3v) is 8.46. The summed E-state index contributed by atoms with van der Waals surface area (Å²) in [6, 6.07) is 16.5. The Bertz CT molecular complexity index is 1420. The van der Waals surface area contributed by atoms with Crippen LogP contribution in [0.1, 0.15) is 32.8 Å². The summed E-state index contributed by atoms with van der Waals surface area (Å²) in [5, 5.41) is 3.10. The molecule has 0 aromatic heterocycles. The standard InChI is InChI=1S/C29H33ClFN3O5S/c1-5-20(2)32-29(36)21(3)33(18-22-11-14-24(31)15-12-22)28(35)19-34(26-17-23(30)13-16-27(26)39-4)40(37,38)25-9-7-6-8-10-25/h6-17,20-21H,5,18-19H2,1-4H3,(H,32,36)/t20-,21-/m1/s1. The van der Waals surface area contributed by atoms with Gasteiger partial charge in [0.05, 0.1) is 17.7 Å². The van der Waals surface area contributed by atoms with E-state index in [1.54, 1.807) is 31.2 Å². The van der Waals surface area contributed by atoms with Crippen LogP contribution in [0.2, 0.25) is 5.02 Å². The summed E-state index contributed by atoms with van der Waals surface area (Å²) in [4.78, 5) is 28.3. The Kier molecular flexibility index (Phi) is 10.5. The summed E-state index contributed by atoms with van der Waals surface area (Å²) in [7, 11) is -2.90. The van der Waals surface area contributed by atoms with E-state index in [0.717, 1.165) is 4.31 Å². The lowest BCUT2D eigenvalue weighted by atomic mass is 10.1. The molecule has 0 radical (unpaired) electrons. The van der Waals surface area contributed by atoms with Gasteiger partial charge < -0.3 is 15.0 Å². The third kappa shape index (κ3) is 7.51. The molecule has 2 amide bonds. The number of carbonyl (C=O) groups is 2. The minimum absolute atomic E-state index is 0.0440. The van der Waals surface area contributed by atoms with Crippen molar-refractivity contribution in [3.8, 4) is 5.75 Å². The number of benzene rings is 3. The van der Waals surface area contributed by atoms with Gasteiger partial charge in [-0.1, -0.05) is 48.9 Å². The molecule has 0 saturated carbocycles.